The number of methoxy groups -OCH3 is 1. The van der Waals surface area contributed by atoms with E-state index < -0.39 is 10.0 Å². The molecule has 0 spiro atoms. The van der Waals surface area contributed by atoms with Gasteiger partial charge in [0.2, 0.25) is 15.9 Å². The van der Waals surface area contributed by atoms with Crippen molar-refractivity contribution in [1.29, 1.82) is 0 Å². The molecule has 6 nitrogen and oxygen atoms in total. The van der Waals surface area contributed by atoms with E-state index in [1.807, 2.05) is 13.8 Å². The molecule has 134 valence electrons. The van der Waals surface area contributed by atoms with Gasteiger partial charge in [-0.2, -0.15) is 0 Å². The van der Waals surface area contributed by atoms with Crippen LogP contribution in [0, 0.1) is 13.8 Å². The van der Waals surface area contributed by atoms with Crippen molar-refractivity contribution in [3.05, 3.63) is 53.6 Å². The van der Waals surface area contributed by atoms with Crippen LogP contribution in [0.15, 0.2) is 47.4 Å². The van der Waals surface area contributed by atoms with E-state index in [0.717, 1.165) is 11.1 Å². The minimum Gasteiger partial charge on any atom is -0.497 e. The monoisotopic (exact) mass is 362 g/mol. The summed E-state index contributed by atoms with van der Waals surface area (Å²) in [6.45, 7) is 3.80. The van der Waals surface area contributed by atoms with Crippen LogP contribution >= 0.6 is 0 Å². The van der Waals surface area contributed by atoms with Crippen molar-refractivity contribution in [3.63, 3.8) is 0 Å². The Bertz CT molecular complexity index is 846. The number of benzene rings is 2. The van der Waals surface area contributed by atoms with Crippen LogP contribution in [0.5, 0.6) is 5.75 Å². The fraction of sp³-hybridized carbons (Fsp3) is 0.278. The molecule has 0 heterocycles. The molecule has 0 aliphatic carbocycles. The third-order valence-electron chi connectivity index (χ3n) is 3.81. The summed E-state index contributed by atoms with van der Waals surface area (Å²) >= 11 is 0. The zero-order valence-electron chi connectivity index (χ0n) is 14.5. The van der Waals surface area contributed by atoms with Crippen molar-refractivity contribution in [2.45, 2.75) is 25.2 Å². The molecule has 2 aromatic rings. The predicted molar refractivity (Wildman–Crippen MR) is 97.3 cm³/mol. The molecule has 2 aromatic carbocycles. The van der Waals surface area contributed by atoms with Crippen LogP contribution in [0.4, 0.5) is 5.69 Å². The number of carbonyl (C=O) groups is 1. The summed E-state index contributed by atoms with van der Waals surface area (Å²) in [6, 6.07) is 11.8. The quantitative estimate of drug-likeness (QED) is 0.793. The molecule has 0 saturated carbocycles. The largest absolute Gasteiger partial charge is 0.497 e. The Kier molecular flexibility index (Phi) is 6.17. The van der Waals surface area contributed by atoms with Gasteiger partial charge >= 0.3 is 0 Å². The minimum absolute atomic E-state index is 0.0250. The first-order valence-corrected chi connectivity index (χ1v) is 9.31. The van der Waals surface area contributed by atoms with Crippen molar-refractivity contribution >= 4 is 21.6 Å². The summed E-state index contributed by atoms with van der Waals surface area (Å²) in [7, 11) is -2.06. The molecule has 0 unspecified atom stereocenters. The van der Waals surface area contributed by atoms with E-state index in [9.17, 15) is 13.2 Å². The Morgan fingerprint density at radius 3 is 2.32 bits per heavy atom. The van der Waals surface area contributed by atoms with Crippen LogP contribution in [0.3, 0.4) is 0 Å². The smallest absolute Gasteiger partial charge is 0.240 e. The topological polar surface area (TPSA) is 84.5 Å². The van der Waals surface area contributed by atoms with E-state index in [4.69, 9.17) is 4.74 Å². The van der Waals surface area contributed by atoms with Crippen LogP contribution in [-0.4, -0.2) is 28.0 Å². The molecule has 0 aliphatic rings. The van der Waals surface area contributed by atoms with E-state index >= 15 is 0 Å². The van der Waals surface area contributed by atoms with Crippen LogP contribution in [0.1, 0.15) is 17.5 Å². The first-order valence-electron chi connectivity index (χ1n) is 7.82. The standard InChI is InChI=1S/C18H22N2O4S/c1-13-4-9-17(12-14(13)2)25(22,23)19-11-10-18(21)20-15-5-7-16(24-3)8-6-15/h4-9,12,19H,10-11H2,1-3H3,(H,20,21). The molecule has 0 bridgehead atoms. The van der Waals surface area contributed by atoms with Crippen LogP contribution in [-0.2, 0) is 14.8 Å². The third kappa shape index (κ3) is 5.30. The van der Waals surface area contributed by atoms with Gasteiger partial charge in [0, 0.05) is 18.7 Å². The minimum atomic E-state index is -3.62. The van der Waals surface area contributed by atoms with Gasteiger partial charge in [0.1, 0.15) is 5.75 Å². The number of amides is 1. The molecule has 25 heavy (non-hydrogen) atoms. The highest BCUT2D eigenvalue weighted by Gasteiger charge is 2.15. The Morgan fingerprint density at radius 2 is 1.72 bits per heavy atom. The van der Waals surface area contributed by atoms with E-state index in [-0.39, 0.29) is 23.8 Å². The molecule has 0 atom stereocenters. The van der Waals surface area contributed by atoms with Gasteiger partial charge in [0.15, 0.2) is 0 Å². The Morgan fingerprint density at radius 1 is 1.04 bits per heavy atom. The van der Waals surface area contributed by atoms with Crippen LogP contribution in [0.25, 0.3) is 0 Å². The summed E-state index contributed by atoms with van der Waals surface area (Å²) in [5.74, 6) is 0.423. The van der Waals surface area contributed by atoms with E-state index in [0.29, 0.717) is 11.4 Å². The number of carbonyl (C=O) groups excluding carboxylic acids is 1. The highest BCUT2D eigenvalue weighted by atomic mass is 32.2. The molecule has 1 amide bonds. The molecule has 2 N–H and O–H groups in total. The average molecular weight is 362 g/mol. The second-order valence-electron chi connectivity index (χ2n) is 5.67. The molecule has 2 rings (SSSR count). The molecule has 0 aromatic heterocycles. The van der Waals surface area contributed by atoms with Gasteiger partial charge in [-0.25, -0.2) is 13.1 Å². The van der Waals surface area contributed by atoms with Gasteiger partial charge in [-0.15, -0.1) is 0 Å². The maximum absolute atomic E-state index is 12.2. The number of rotatable bonds is 7. The molecule has 0 radical (unpaired) electrons. The maximum atomic E-state index is 12.2. The summed E-state index contributed by atoms with van der Waals surface area (Å²) in [5, 5.41) is 2.71. The van der Waals surface area contributed by atoms with E-state index in [1.165, 1.54) is 0 Å². The Balaban J connectivity index is 1.87. The average Bonchev–Trinajstić information content (AvgIpc) is 2.57. The summed E-state index contributed by atoms with van der Waals surface area (Å²) in [5.41, 5.74) is 2.56. The normalized spacial score (nSPS) is 11.2. The number of anilines is 1. The van der Waals surface area contributed by atoms with Crippen molar-refractivity contribution < 1.29 is 17.9 Å². The highest BCUT2D eigenvalue weighted by Crippen LogP contribution is 2.16. The number of hydrogen-bond donors (Lipinski definition) is 2. The highest BCUT2D eigenvalue weighted by molar-refractivity contribution is 7.89. The molecular formula is C18H22N2O4S. The zero-order chi connectivity index (χ0) is 18.4. The Labute approximate surface area is 148 Å². The molecule has 7 heteroatoms. The van der Waals surface area contributed by atoms with Gasteiger partial charge < -0.3 is 10.1 Å². The first kappa shape index (κ1) is 19.0. The molecule has 0 fully saturated rings. The fourth-order valence-corrected chi connectivity index (χ4v) is 3.28. The fourth-order valence-electron chi connectivity index (χ4n) is 2.16. The van der Waals surface area contributed by atoms with Crippen molar-refractivity contribution in [1.82, 2.24) is 4.72 Å². The van der Waals surface area contributed by atoms with Gasteiger partial charge in [-0.3, -0.25) is 4.79 Å². The molecular weight excluding hydrogens is 340 g/mol. The van der Waals surface area contributed by atoms with Crippen LogP contribution in [0.2, 0.25) is 0 Å². The summed E-state index contributed by atoms with van der Waals surface area (Å²) < 4.78 is 32.0. The number of aryl methyl sites for hydroxylation is 2. The lowest BCUT2D eigenvalue weighted by Gasteiger charge is -2.09. The summed E-state index contributed by atoms with van der Waals surface area (Å²) in [4.78, 5) is 12.1. The summed E-state index contributed by atoms with van der Waals surface area (Å²) in [6.07, 6.45) is 0.0378. The van der Waals surface area contributed by atoms with Crippen LogP contribution < -0.4 is 14.8 Å². The van der Waals surface area contributed by atoms with E-state index in [1.54, 1.807) is 49.6 Å². The van der Waals surface area contributed by atoms with Crippen molar-refractivity contribution in [2.24, 2.45) is 0 Å². The van der Waals surface area contributed by atoms with Gasteiger partial charge in [0.05, 0.1) is 12.0 Å². The third-order valence-corrected chi connectivity index (χ3v) is 5.27. The lowest BCUT2D eigenvalue weighted by atomic mass is 10.1. The maximum Gasteiger partial charge on any atom is 0.240 e. The van der Waals surface area contributed by atoms with E-state index in [2.05, 4.69) is 10.0 Å². The Hall–Kier alpha value is -2.38. The second-order valence-corrected chi connectivity index (χ2v) is 7.44. The van der Waals surface area contributed by atoms with Gasteiger partial charge in [-0.05, 0) is 61.4 Å². The van der Waals surface area contributed by atoms with Crippen molar-refractivity contribution in [3.8, 4) is 5.75 Å². The number of nitrogens with one attached hydrogen (secondary N) is 2. The lowest BCUT2D eigenvalue weighted by molar-refractivity contribution is -0.116. The number of hydrogen-bond acceptors (Lipinski definition) is 4. The molecule has 0 saturated heterocycles. The number of sulfonamides is 1. The van der Waals surface area contributed by atoms with Gasteiger partial charge in [-0.1, -0.05) is 6.07 Å². The predicted octanol–water partition coefficient (Wildman–Crippen LogP) is 2.62. The molecule has 0 aliphatic heterocycles. The second kappa shape index (κ2) is 8.13. The SMILES string of the molecule is COc1ccc(NC(=O)CCNS(=O)(=O)c2ccc(C)c(C)c2)cc1. The first-order chi connectivity index (χ1) is 11.8. The zero-order valence-corrected chi connectivity index (χ0v) is 15.3. The number of ether oxygens (including phenoxy) is 1. The lowest BCUT2D eigenvalue weighted by Crippen LogP contribution is -2.28. The van der Waals surface area contributed by atoms with Crippen molar-refractivity contribution in [2.75, 3.05) is 19.0 Å². The van der Waals surface area contributed by atoms with Gasteiger partial charge in [0.25, 0.3) is 0 Å².